The summed E-state index contributed by atoms with van der Waals surface area (Å²) >= 11 is 5.79. The van der Waals surface area contributed by atoms with Gasteiger partial charge in [-0.05, 0) is 47.8 Å². The minimum atomic E-state index is 0.0874. The topological polar surface area (TPSA) is 40.3 Å². The van der Waals surface area contributed by atoms with Gasteiger partial charge in [0.25, 0.3) is 0 Å². The largest absolute Gasteiger partial charge is 0.383 e. The van der Waals surface area contributed by atoms with Gasteiger partial charge in [-0.15, -0.1) is 0 Å². The standard InChI is InChI=1S/C24H29N3OS/c1-3-6-17-9-11-18(12-10-17)23-22-20(19-7-4-5-8-21(19)26-22)13-15-27(23)24(29)25-14-16-28-2/h4-5,7-12,23,26H,3,6,13-16H2,1-2H3,(H,25,29). The molecule has 2 aromatic carbocycles. The summed E-state index contributed by atoms with van der Waals surface area (Å²) in [7, 11) is 1.71. The van der Waals surface area contributed by atoms with Gasteiger partial charge in [0, 0.05) is 36.8 Å². The molecule has 152 valence electrons. The molecule has 0 fully saturated rings. The van der Waals surface area contributed by atoms with Crippen LogP contribution in [0.1, 0.15) is 41.8 Å². The molecule has 4 nitrogen and oxygen atoms in total. The van der Waals surface area contributed by atoms with E-state index in [2.05, 4.69) is 70.7 Å². The summed E-state index contributed by atoms with van der Waals surface area (Å²) in [4.78, 5) is 6.02. The number of nitrogens with one attached hydrogen (secondary N) is 2. The maximum atomic E-state index is 5.79. The fourth-order valence-electron chi connectivity index (χ4n) is 4.32. The van der Waals surface area contributed by atoms with E-state index in [4.69, 9.17) is 17.0 Å². The molecule has 0 saturated heterocycles. The smallest absolute Gasteiger partial charge is 0.169 e. The normalized spacial score (nSPS) is 16.1. The molecule has 0 bridgehead atoms. The predicted molar refractivity (Wildman–Crippen MR) is 123 cm³/mol. The summed E-state index contributed by atoms with van der Waals surface area (Å²) in [6.45, 7) is 4.47. The van der Waals surface area contributed by atoms with Crippen LogP contribution in [0, 0.1) is 0 Å². The fraction of sp³-hybridized carbons (Fsp3) is 0.375. The van der Waals surface area contributed by atoms with E-state index < -0.39 is 0 Å². The maximum absolute atomic E-state index is 5.79. The highest BCUT2D eigenvalue weighted by atomic mass is 32.1. The first kappa shape index (κ1) is 19.9. The highest BCUT2D eigenvalue weighted by Gasteiger charge is 2.32. The van der Waals surface area contributed by atoms with Gasteiger partial charge >= 0.3 is 0 Å². The Morgan fingerprint density at radius 1 is 1.21 bits per heavy atom. The van der Waals surface area contributed by atoms with Crippen LogP contribution in [0.2, 0.25) is 0 Å². The van der Waals surface area contributed by atoms with Crippen LogP contribution in [0.15, 0.2) is 48.5 Å². The number of rotatable bonds is 6. The molecule has 4 rings (SSSR count). The Hall–Kier alpha value is -2.37. The zero-order valence-corrected chi connectivity index (χ0v) is 18.0. The summed E-state index contributed by atoms with van der Waals surface area (Å²) in [6.07, 6.45) is 3.26. The summed E-state index contributed by atoms with van der Waals surface area (Å²) in [5.74, 6) is 0. The van der Waals surface area contributed by atoms with Crippen LogP contribution < -0.4 is 5.32 Å². The van der Waals surface area contributed by atoms with Crippen molar-refractivity contribution in [1.82, 2.24) is 15.2 Å². The molecule has 0 aliphatic carbocycles. The third-order valence-electron chi connectivity index (χ3n) is 5.71. The van der Waals surface area contributed by atoms with Gasteiger partial charge in [-0.25, -0.2) is 0 Å². The lowest BCUT2D eigenvalue weighted by atomic mass is 9.92. The molecular formula is C24H29N3OS. The van der Waals surface area contributed by atoms with Crippen molar-refractivity contribution in [2.45, 2.75) is 32.2 Å². The molecule has 2 N–H and O–H groups in total. The van der Waals surface area contributed by atoms with Crippen LogP contribution in [0.4, 0.5) is 0 Å². The number of fused-ring (bicyclic) bond motifs is 3. The molecule has 0 spiro atoms. The molecule has 5 heteroatoms. The number of nitrogens with zero attached hydrogens (tertiary/aromatic N) is 1. The third kappa shape index (κ3) is 4.02. The second-order valence-corrected chi connectivity index (χ2v) is 8.01. The van der Waals surface area contributed by atoms with Gasteiger partial charge in [0.1, 0.15) is 0 Å². The zero-order chi connectivity index (χ0) is 20.2. The monoisotopic (exact) mass is 407 g/mol. The highest BCUT2D eigenvalue weighted by molar-refractivity contribution is 7.80. The minimum Gasteiger partial charge on any atom is -0.383 e. The molecule has 3 aromatic rings. The van der Waals surface area contributed by atoms with Gasteiger partial charge in [-0.3, -0.25) is 0 Å². The number of benzene rings is 2. The van der Waals surface area contributed by atoms with Crippen molar-refractivity contribution in [3.05, 3.63) is 70.9 Å². The number of aromatic nitrogens is 1. The fourth-order valence-corrected chi connectivity index (χ4v) is 4.62. The van der Waals surface area contributed by atoms with Crippen molar-refractivity contribution >= 4 is 28.2 Å². The molecule has 2 heterocycles. The molecule has 1 atom stereocenters. The van der Waals surface area contributed by atoms with Crippen molar-refractivity contribution in [3.63, 3.8) is 0 Å². The summed E-state index contributed by atoms with van der Waals surface area (Å²) in [5, 5.41) is 5.48. The Balaban J connectivity index is 1.73. The van der Waals surface area contributed by atoms with Gasteiger partial charge in [-0.1, -0.05) is 55.8 Å². The number of hydrogen-bond acceptors (Lipinski definition) is 2. The first-order valence-corrected chi connectivity index (χ1v) is 10.9. The number of para-hydroxylation sites is 1. The molecule has 1 unspecified atom stereocenters. The van der Waals surface area contributed by atoms with E-state index in [1.807, 2.05) is 0 Å². The van der Waals surface area contributed by atoms with Crippen LogP contribution in [0.3, 0.4) is 0 Å². The van der Waals surface area contributed by atoms with Gasteiger partial charge in [0.05, 0.1) is 12.6 Å². The first-order chi connectivity index (χ1) is 14.2. The predicted octanol–water partition coefficient (Wildman–Crippen LogP) is 4.59. The molecule has 0 radical (unpaired) electrons. The van der Waals surface area contributed by atoms with Crippen LogP contribution in [0.5, 0.6) is 0 Å². The Labute approximate surface area is 178 Å². The lowest BCUT2D eigenvalue weighted by Gasteiger charge is -2.38. The van der Waals surface area contributed by atoms with Crippen molar-refractivity contribution in [2.24, 2.45) is 0 Å². The first-order valence-electron chi connectivity index (χ1n) is 10.4. The van der Waals surface area contributed by atoms with Crippen molar-refractivity contribution in [3.8, 4) is 0 Å². The maximum Gasteiger partial charge on any atom is 0.169 e. The number of aromatic amines is 1. The lowest BCUT2D eigenvalue weighted by molar-refractivity contribution is 0.202. The van der Waals surface area contributed by atoms with Gasteiger partial charge in [-0.2, -0.15) is 0 Å². The van der Waals surface area contributed by atoms with Crippen LogP contribution in [0.25, 0.3) is 10.9 Å². The van der Waals surface area contributed by atoms with Gasteiger partial charge < -0.3 is 19.9 Å². The molecule has 1 aromatic heterocycles. The quantitative estimate of drug-likeness (QED) is 0.463. The molecule has 0 amide bonds. The molecular weight excluding hydrogens is 378 g/mol. The molecule has 29 heavy (non-hydrogen) atoms. The number of thiocarbonyl (C=S) groups is 1. The molecule has 1 aliphatic rings. The average Bonchev–Trinajstić information content (AvgIpc) is 3.13. The van der Waals surface area contributed by atoms with Gasteiger partial charge in [0.2, 0.25) is 0 Å². The number of hydrogen-bond donors (Lipinski definition) is 2. The Morgan fingerprint density at radius 2 is 2.00 bits per heavy atom. The summed E-state index contributed by atoms with van der Waals surface area (Å²) in [6, 6.07) is 17.7. The van der Waals surface area contributed by atoms with Crippen LogP contribution in [-0.4, -0.2) is 41.8 Å². The van der Waals surface area contributed by atoms with Crippen molar-refractivity contribution < 1.29 is 4.74 Å². The van der Waals surface area contributed by atoms with Crippen molar-refractivity contribution in [2.75, 3.05) is 26.8 Å². The molecule has 0 saturated carbocycles. The van der Waals surface area contributed by atoms with Crippen LogP contribution in [-0.2, 0) is 17.6 Å². The second kappa shape index (κ2) is 8.97. The van der Waals surface area contributed by atoms with E-state index in [1.54, 1.807) is 7.11 Å². The van der Waals surface area contributed by atoms with E-state index in [-0.39, 0.29) is 6.04 Å². The Kier molecular flexibility index (Phi) is 6.16. The van der Waals surface area contributed by atoms with E-state index in [9.17, 15) is 0 Å². The number of H-pyrrole nitrogens is 1. The summed E-state index contributed by atoms with van der Waals surface area (Å²) < 4.78 is 5.18. The lowest BCUT2D eigenvalue weighted by Crippen LogP contribution is -2.46. The summed E-state index contributed by atoms with van der Waals surface area (Å²) in [5.41, 5.74) is 6.53. The molecule has 1 aliphatic heterocycles. The van der Waals surface area contributed by atoms with E-state index in [0.717, 1.165) is 30.9 Å². The zero-order valence-electron chi connectivity index (χ0n) is 17.2. The number of methoxy groups -OCH3 is 1. The van der Waals surface area contributed by atoms with Crippen LogP contribution >= 0.6 is 12.2 Å². The number of ether oxygens (including phenoxy) is 1. The van der Waals surface area contributed by atoms with Gasteiger partial charge in [0.15, 0.2) is 5.11 Å². The second-order valence-electron chi connectivity index (χ2n) is 7.63. The van der Waals surface area contributed by atoms with E-state index >= 15 is 0 Å². The Morgan fingerprint density at radius 3 is 2.76 bits per heavy atom. The highest BCUT2D eigenvalue weighted by Crippen LogP contribution is 2.38. The van der Waals surface area contributed by atoms with Crippen molar-refractivity contribution in [1.29, 1.82) is 0 Å². The Bertz CT molecular complexity index is 979. The van der Waals surface area contributed by atoms with E-state index in [0.29, 0.717) is 13.2 Å². The average molecular weight is 408 g/mol. The SMILES string of the molecule is CCCc1ccc(C2c3[nH]c4ccccc4c3CCN2C(=S)NCCOC)cc1. The number of aryl methyl sites for hydroxylation is 1. The minimum absolute atomic E-state index is 0.0874. The van der Waals surface area contributed by atoms with E-state index in [1.165, 1.54) is 33.3 Å². The third-order valence-corrected chi connectivity index (χ3v) is 6.09.